The van der Waals surface area contributed by atoms with Gasteiger partial charge in [0.15, 0.2) is 0 Å². The number of aliphatic carboxylic acids is 1. The quantitative estimate of drug-likeness (QED) is 0.728. The molecular formula is C15H22O3. The second-order valence-corrected chi connectivity index (χ2v) is 6.95. The molecule has 100 valence electrons. The van der Waals surface area contributed by atoms with Gasteiger partial charge in [-0.05, 0) is 49.9 Å². The van der Waals surface area contributed by atoms with Gasteiger partial charge >= 0.3 is 5.97 Å². The average molecular weight is 250 g/mol. The van der Waals surface area contributed by atoms with E-state index in [4.69, 9.17) is 4.74 Å². The zero-order valence-electron chi connectivity index (χ0n) is 11.4. The van der Waals surface area contributed by atoms with Crippen LogP contribution < -0.4 is 0 Å². The number of hydrogen-bond donors (Lipinski definition) is 1. The Bertz CT molecular complexity index is 423. The topological polar surface area (TPSA) is 49.8 Å². The Morgan fingerprint density at radius 3 is 2.78 bits per heavy atom. The molecule has 1 aliphatic heterocycles. The molecule has 3 heteroatoms. The van der Waals surface area contributed by atoms with E-state index in [9.17, 15) is 9.90 Å². The molecule has 0 aromatic rings. The highest BCUT2D eigenvalue weighted by Crippen LogP contribution is 2.63. The Hall–Kier alpha value is -0.830. The third kappa shape index (κ3) is 1.80. The van der Waals surface area contributed by atoms with Crippen LogP contribution in [0.4, 0.5) is 0 Å². The van der Waals surface area contributed by atoms with Crippen LogP contribution in [-0.4, -0.2) is 22.8 Å². The van der Waals surface area contributed by atoms with E-state index in [1.807, 2.05) is 6.08 Å². The fraction of sp³-hybridized carbons (Fsp3) is 0.800. The summed E-state index contributed by atoms with van der Waals surface area (Å²) in [6.45, 7) is 6.68. The van der Waals surface area contributed by atoms with E-state index in [0.717, 1.165) is 19.3 Å². The molecule has 0 amide bonds. The number of carboxylic acids is 1. The first-order valence-electron chi connectivity index (χ1n) is 6.96. The SMILES string of the molecule is CC1(C)[C@@H]2CC[C@]3(C)O[C@@H]3CCC(C(=O)O)=C[C@@H]21. The molecule has 2 fully saturated rings. The van der Waals surface area contributed by atoms with Crippen molar-refractivity contribution in [2.24, 2.45) is 17.3 Å². The van der Waals surface area contributed by atoms with E-state index in [0.29, 0.717) is 23.8 Å². The van der Waals surface area contributed by atoms with Gasteiger partial charge in [-0.3, -0.25) is 0 Å². The van der Waals surface area contributed by atoms with Crippen LogP contribution in [0.1, 0.15) is 46.5 Å². The summed E-state index contributed by atoms with van der Waals surface area (Å²) in [6.07, 6.45) is 6.09. The van der Waals surface area contributed by atoms with Crippen molar-refractivity contribution in [1.29, 1.82) is 0 Å². The van der Waals surface area contributed by atoms with Gasteiger partial charge in [0.05, 0.1) is 11.7 Å². The zero-order chi connectivity index (χ0) is 13.1. The number of epoxide rings is 1. The molecule has 3 rings (SSSR count). The van der Waals surface area contributed by atoms with Crippen molar-refractivity contribution in [1.82, 2.24) is 0 Å². The Morgan fingerprint density at radius 2 is 2.11 bits per heavy atom. The van der Waals surface area contributed by atoms with E-state index in [1.165, 1.54) is 0 Å². The molecule has 1 saturated carbocycles. The molecule has 1 N–H and O–H groups in total. The summed E-state index contributed by atoms with van der Waals surface area (Å²) in [6, 6.07) is 0. The molecule has 1 heterocycles. The average Bonchev–Trinajstić information content (AvgIpc) is 3.07. The van der Waals surface area contributed by atoms with Crippen molar-refractivity contribution in [2.75, 3.05) is 0 Å². The maximum absolute atomic E-state index is 11.3. The molecule has 0 spiro atoms. The van der Waals surface area contributed by atoms with Gasteiger partial charge in [-0.15, -0.1) is 0 Å². The van der Waals surface area contributed by atoms with Crippen molar-refractivity contribution >= 4 is 5.97 Å². The third-order valence-electron chi connectivity index (χ3n) is 5.46. The number of rotatable bonds is 1. The molecule has 0 radical (unpaired) electrons. The van der Waals surface area contributed by atoms with Crippen molar-refractivity contribution in [3.8, 4) is 0 Å². The summed E-state index contributed by atoms with van der Waals surface area (Å²) in [5, 5.41) is 9.28. The largest absolute Gasteiger partial charge is 0.478 e. The lowest BCUT2D eigenvalue weighted by Gasteiger charge is -2.08. The summed E-state index contributed by atoms with van der Waals surface area (Å²) in [4.78, 5) is 11.3. The predicted molar refractivity (Wildman–Crippen MR) is 68.2 cm³/mol. The van der Waals surface area contributed by atoms with Crippen LogP contribution in [-0.2, 0) is 9.53 Å². The van der Waals surface area contributed by atoms with Gasteiger partial charge in [0.2, 0.25) is 0 Å². The monoisotopic (exact) mass is 250 g/mol. The van der Waals surface area contributed by atoms with Crippen LogP contribution in [0.25, 0.3) is 0 Å². The normalized spacial score (nSPS) is 45.3. The second-order valence-electron chi connectivity index (χ2n) is 6.95. The van der Waals surface area contributed by atoms with Crippen molar-refractivity contribution < 1.29 is 14.6 Å². The van der Waals surface area contributed by atoms with Crippen LogP contribution in [0.5, 0.6) is 0 Å². The Balaban J connectivity index is 1.84. The van der Waals surface area contributed by atoms with Crippen LogP contribution >= 0.6 is 0 Å². The molecule has 0 bridgehead atoms. The number of fused-ring (bicyclic) bond motifs is 2. The fourth-order valence-corrected chi connectivity index (χ4v) is 3.75. The summed E-state index contributed by atoms with van der Waals surface area (Å²) >= 11 is 0. The Kier molecular flexibility index (Phi) is 2.44. The molecule has 18 heavy (non-hydrogen) atoms. The number of allylic oxidation sites excluding steroid dienone is 1. The molecule has 3 aliphatic rings. The van der Waals surface area contributed by atoms with Crippen molar-refractivity contribution in [3.63, 3.8) is 0 Å². The zero-order valence-corrected chi connectivity index (χ0v) is 11.4. The summed E-state index contributed by atoms with van der Waals surface area (Å²) < 4.78 is 5.78. The van der Waals surface area contributed by atoms with Gasteiger partial charge in [-0.2, -0.15) is 0 Å². The second kappa shape index (κ2) is 3.60. The first kappa shape index (κ1) is 12.2. The number of hydrogen-bond acceptors (Lipinski definition) is 2. The van der Waals surface area contributed by atoms with Crippen molar-refractivity contribution in [3.05, 3.63) is 11.6 Å². The van der Waals surface area contributed by atoms with Crippen LogP contribution in [0.3, 0.4) is 0 Å². The molecule has 3 nitrogen and oxygen atoms in total. The lowest BCUT2D eigenvalue weighted by Crippen LogP contribution is -2.12. The van der Waals surface area contributed by atoms with Gasteiger partial charge in [0, 0.05) is 5.57 Å². The minimum atomic E-state index is -0.751. The minimum absolute atomic E-state index is 0.0319. The highest BCUT2D eigenvalue weighted by Gasteiger charge is 2.59. The van der Waals surface area contributed by atoms with E-state index in [2.05, 4.69) is 20.8 Å². The van der Waals surface area contributed by atoms with Gasteiger partial charge in [-0.1, -0.05) is 19.9 Å². The summed E-state index contributed by atoms with van der Waals surface area (Å²) in [5.74, 6) is 0.327. The lowest BCUT2D eigenvalue weighted by atomic mass is 9.93. The van der Waals surface area contributed by atoms with Gasteiger partial charge in [0.1, 0.15) is 0 Å². The molecule has 2 aliphatic carbocycles. The molecule has 1 saturated heterocycles. The first-order valence-corrected chi connectivity index (χ1v) is 6.96. The lowest BCUT2D eigenvalue weighted by molar-refractivity contribution is -0.132. The smallest absolute Gasteiger partial charge is 0.331 e. The fourth-order valence-electron chi connectivity index (χ4n) is 3.75. The standard InChI is InChI=1S/C15H22O3/c1-14(2)10-6-7-15(3)12(18-15)5-4-9(13(16)17)8-11(10)14/h8,10-12H,4-7H2,1-3H3,(H,16,17)/t10-,11+,12-,15+/m1/s1. The molecule has 0 aromatic carbocycles. The maximum Gasteiger partial charge on any atom is 0.331 e. The Morgan fingerprint density at radius 1 is 1.39 bits per heavy atom. The minimum Gasteiger partial charge on any atom is -0.478 e. The highest BCUT2D eigenvalue weighted by atomic mass is 16.6. The van der Waals surface area contributed by atoms with Crippen molar-refractivity contribution in [2.45, 2.75) is 58.2 Å². The van der Waals surface area contributed by atoms with E-state index >= 15 is 0 Å². The number of carbonyl (C=O) groups is 1. The van der Waals surface area contributed by atoms with Crippen LogP contribution in [0, 0.1) is 17.3 Å². The predicted octanol–water partition coefficient (Wildman–Crippen LogP) is 3.00. The molecule has 4 atom stereocenters. The number of carboxylic acid groups (broad SMARTS) is 1. The van der Waals surface area contributed by atoms with Crippen LogP contribution in [0.15, 0.2) is 11.6 Å². The van der Waals surface area contributed by atoms with E-state index < -0.39 is 5.97 Å². The number of ether oxygens (including phenoxy) is 1. The molecular weight excluding hydrogens is 228 g/mol. The van der Waals surface area contributed by atoms with E-state index in [1.54, 1.807) is 0 Å². The Labute approximate surface area is 108 Å². The third-order valence-corrected chi connectivity index (χ3v) is 5.46. The van der Waals surface area contributed by atoms with Gasteiger partial charge < -0.3 is 9.84 Å². The summed E-state index contributed by atoms with van der Waals surface area (Å²) in [5.41, 5.74) is 0.894. The van der Waals surface area contributed by atoms with Gasteiger partial charge in [0.25, 0.3) is 0 Å². The van der Waals surface area contributed by atoms with Gasteiger partial charge in [-0.25, -0.2) is 4.79 Å². The molecule has 0 aromatic heterocycles. The summed E-state index contributed by atoms with van der Waals surface area (Å²) in [7, 11) is 0. The highest BCUT2D eigenvalue weighted by molar-refractivity contribution is 5.86. The molecule has 0 unspecified atom stereocenters. The first-order chi connectivity index (χ1) is 8.34. The maximum atomic E-state index is 11.3. The van der Waals surface area contributed by atoms with Crippen LogP contribution in [0.2, 0.25) is 0 Å². The van der Waals surface area contributed by atoms with E-state index in [-0.39, 0.29) is 17.1 Å².